The molecule has 0 amide bonds. The minimum atomic E-state index is 0.459. The lowest BCUT2D eigenvalue weighted by Crippen LogP contribution is -2.07. The second kappa shape index (κ2) is 8.38. The lowest BCUT2D eigenvalue weighted by atomic mass is 10.2. The van der Waals surface area contributed by atoms with Gasteiger partial charge in [-0.3, -0.25) is 0 Å². The fraction of sp³-hybridized carbons (Fsp3) is 0.300. The SMILES string of the molecule is COc1ccc(CNc2ccc(-n3cccn3)nc2)cc1OCC(C)C. The van der Waals surface area contributed by atoms with Crippen molar-refractivity contribution < 1.29 is 9.47 Å². The van der Waals surface area contributed by atoms with Gasteiger partial charge in [-0.2, -0.15) is 5.10 Å². The second-order valence-corrected chi connectivity index (χ2v) is 6.40. The van der Waals surface area contributed by atoms with E-state index in [-0.39, 0.29) is 0 Å². The summed E-state index contributed by atoms with van der Waals surface area (Å²) < 4.78 is 13.0. The summed E-state index contributed by atoms with van der Waals surface area (Å²) in [4.78, 5) is 4.42. The summed E-state index contributed by atoms with van der Waals surface area (Å²) in [5.74, 6) is 2.77. The van der Waals surface area contributed by atoms with E-state index in [2.05, 4.69) is 29.2 Å². The van der Waals surface area contributed by atoms with Gasteiger partial charge in [-0.25, -0.2) is 9.67 Å². The van der Waals surface area contributed by atoms with Gasteiger partial charge in [0.15, 0.2) is 17.3 Å². The Labute approximate surface area is 153 Å². The number of nitrogens with zero attached hydrogens (tertiary/aromatic N) is 3. The maximum Gasteiger partial charge on any atom is 0.161 e. The first-order chi connectivity index (χ1) is 12.7. The van der Waals surface area contributed by atoms with Crippen molar-refractivity contribution in [2.45, 2.75) is 20.4 Å². The number of methoxy groups -OCH3 is 1. The van der Waals surface area contributed by atoms with Gasteiger partial charge in [-0.05, 0) is 41.8 Å². The Morgan fingerprint density at radius 3 is 2.69 bits per heavy atom. The highest BCUT2D eigenvalue weighted by Gasteiger charge is 2.07. The van der Waals surface area contributed by atoms with Crippen LogP contribution in [-0.4, -0.2) is 28.5 Å². The number of nitrogens with one attached hydrogen (secondary N) is 1. The highest BCUT2D eigenvalue weighted by molar-refractivity contribution is 5.47. The maximum atomic E-state index is 5.86. The molecule has 6 heteroatoms. The first kappa shape index (κ1) is 17.8. The molecule has 0 radical (unpaired) electrons. The number of pyridine rings is 1. The molecule has 0 aliphatic carbocycles. The van der Waals surface area contributed by atoms with E-state index in [9.17, 15) is 0 Å². The van der Waals surface area contributed by atoms with Crippen LogP contribution < -0.4 is 14.8 Å². The average Bonchev–Trinajstić information content (AvgIpc) is 3.20. The van der Waals surface area contributed by atoms with E-state index in [4.69, 9.17) is 9.47 Å². The van der Waals surface area contributed by atoms with Crippen LogP contribution >= 0.6 is 0 Å². The Morgan fingerprint density at radius 2 is 2.04 bits per heavy atom. The Bertz CT molecular complexity index is 814. The molecular formula is C20H24N4O2. The van der Waals surface area contributed by atoms with Crippen LogP contribution in [0.25, 0.3) is 5.82 Å². The highest BCUT2D eigenvalue weighted by atomic mass is 16.5. The summed E-state index contributed by atoms with van der Waals surface area (Å²) in [6, 6.07) is 11.8. The van der Waals surface area contributed by atoms with Crippen molar-refractivity contribution in [3.63, 3.8) is 0 Å². The number of anilines is 1. The molecule has 1 aromatic carbocycles. The smallest absolute Gasteiger partial charge is 0.161 e. The van der Waals surface area contributed by atoms with E-state index in [1.54, 1.807) is 24.2 Å². The van der Waals surface area contributed by atoms with Crippen LogP contribution in [0.5, 0.6) is 11.5 Å². The molecule has 0 aliphatic rings. The van der Waals surface area contributed by atoms with Crippen LogP contribution in [0.15, 0.2) is 55.0 Å². The topological polar surface area (TPSA) is 61.2 Å². The van der Waals surface area contributed by atoms with Crippen molar-refractivity contribution in [2.24, 2.45) is 5.92 Å². The van der Waals surface area contributed by atoms with Gasteiger partial charge in [0.2, 0.25) is 0 Å². The first-order valence-electron chi connectivity index (χ1n) is 8.65. The van der Waals surface area contributed by atoms with E-state index in [0.29, 0.717) is 19.1 Å². The Hall–Kier alpha value is -3.02. The molecule has 0 spiro atoms. The molecule has 0 fully saturated rings. The Balaban J connectivity index is 1.64. The number of hydrogen-bond acceptors (Lipinski definition) is 5. The molecule has 0 aliphatic heterocycles. The zero-order valence-corrected chi connectivity index (χ0v) is 15.3. The minimum absolute atomic E-state index is 0.459. The van der Waals surface area contributed by atoms with Crippen molar-refractivity contribution in [1.82, 2.24) is 14.8 Å². The van der Waals surface area contributed by atoms with Gasteiger partial charge in [0.25, 0.3) is 0 Å². The molecule has 0 atom stereocenters. The lowest BCUT2D eigenvalue weighted by Gasteiger charge is -2.14. The van der Waals surface area contributed by atoms with Crippen molar-refractivity contribution in [3.8, 4) is 17.3 Å². The summed E-state index contributed by atoms with van der Waals surface area (Å²) in [7, 11) is 1.66. The quantitative estimate of drug-likeness (QED) is 0.666. The maximum absolute atomic E-state index is 5.86. The van der Waals surface area contributed by atoms with Gasteiger partial charge >= 0.3 is 0 Å². The molecule has 0 saturated carbocycles. The molecule has 136 valence electrons. The van der Waals surface area contributed by atoms with Crippen LogP contribution in [-0.2, 0) is 6.54 Å². The van der Waals surface area contributed by atoms with E-state index < -0.39 is 0 Å². The zero-order valence-electron chi connectivity index (χ0n) is 15.3. The van der Waals surface area contributed by atoms with Gasteiger partial charge in [-0.1, -0.05) is 19.9 Å². The van der Waals surface area contributed by atoms with E-state index in [1.807, 2.05) is 42.6 Å². The lowest BCUT2D eigenvalue weighted by molar-refractivity contribution is 0.256. The minimum Gasteiger partial charge on any atom is -0.493 e. The predicted molar refractivity (Wildman–Crippen MR) is 102 cm³/mol. The van der Waals surface area contributed by atoms with Crippen LogP contribution in [0.3, 0.4) is 0 Å². The number of rotatable bonds is 8. The molecule has 2 heterocycles. The van der Waals surface area contributed by atoms with Crippen molar-refractivity contribution in [1.29, 1.82) is 0 Å². The van der Waals surface area contributed by atoms with Crippen LogP contribution in [0.4, 0.5) is 5.69 Å². The fourth-order valence-electron chi connectivity index (χ4n) is 2.43. The van der Waals surface area contributed by atoms with Gasteiger partial charge in [-0.15, -0.1) is 0 Å². The van der Waals surface area contributed by atoms with Crippen molar-refractivity contribution in [2.75, 3.05) is 19.0 Å². The summed E-state index contributed by atoms with van der Waals surface area (Å²) >= 11 is 0. The standard InChI is InChI=1S/C20H24N4O2/c1-15(2)14-26-19-11-16(5-7-18(19)25-3)12-21-17-6-8-20(22-13-17)24-10-4-9-23-24/h4-11,13,15,21H,12,14H2,1-3H3. The molecule has 0 saturated heterocycles. The third-order valence-corrected chi connectivity index (χ3v) is 3.78. The Morgan fingerprint density at radius 1 is 1.15 bits per heavy atom. The van der Waals surface area contributed by atoms with Crippen LogP contribution in [0.2, 0.25) is 0 Å². The monoisotopic (exact) mass is 352 g/mol. The number of aromatic nitrogens is 3. The number of ether oxygens (including phenoxy) is 2. The molecule has 1 N–H and O–H groups in total. The van der Waals surface area contributed by atoms with Gasteiger partial charge in [0.1, 0.15) is 0 Å². The third kappa shape index (κ3) is 4.53. The predicted octanol–water partition coefficient (Wildman–Crippen LogP) is 3.92. The molecule has 6 nitrogen and oxygen atoms in total. The van der Waals surface area contributed by atoms with Gasteiger partial charge in [0, 0.05) is 18.9 Å². The molecular weight excluding hydrogens is 328 g/mol. The molecule has 0 unspecified atom stereocenters. The number of benzene rings is 1. The molecule has 0 bridgehead atoms. The first-order valence-corrected chi connectivity index (χ1v) is 8.65. The molecule has 3 aromatic rings. The average molecular weight is 352 g/mol. The van der Waals surface area contributed by atoms with E-state index in [1.165, 1.54) is 0 Å². The van der Waals surface area contributed by atoms with Gasteiger partial charge in [0.05, 0.1) is 25.6 Å². The van der Waals surface area contributed by atoms with Crippen molar-refractivity contribution >= 4 is 5.69 Å². The largest absolute Gasteiger partial charge is 0.493 e. The van der Waals surface area contributed by atoms with Gasteiger partial charge < -0.3 is 14.8 Å². The molecule has 2 aromatic heterocycles. The fourth-order valence-corrected chi connectivity index (χ4v) is 2.43. The molecule has 26 heavy (non-hydrogen) atoms. The summed E-state index contributed by atoms with van der Waals surface area (Å²) in [6.07, 6.45) is 5.40. The Kier molecular flexibility index (Phi) is 5.73. The normalized spacial score (nSPS) is 10.8. The van der Waals surface area contributed by atoms with E-state index in [0.717, 1.165) is 28.6 Å². The second-order valence-electron chi connectivity index (χ2n) is 6.40. The van der Waals surface area contributed by atoms with Crippen LogP contribution in [0.1, 0.15) is 19.4 Å². The summed E-state index contributed by atoms with van der Waals surface area (Å²) in [5, 5.41) is 7.55. The summed E-state index contributed by atoms with van der Waals surface area (Å²) in [5.41, 5.74) is 2.06. The van der Waals surface area contributed by atoms with E-state index >= 15 is 0 Å². The zero-order chi connectivity index (χ0) is 18.4. The highest BCUT2D eigenvalue weighted by Crippen LogP contribution is 2.28. The van der Waals surface area contributed by atoms with Crippen molar-refractivity contribution in [3.05, 3.63) is 60.6 Å². The number of hydrogen-bond donors (Lipinski definition) is 1. The summed E-state index contributed by atoms with van der Waals surface area (Å²) in [6.45, 7) is 5.58. The van der Waals surface area contributed by atoms with Crippen LogP contribution in [0, 0.1) is 5.92 Å². The third-order valence-electron chi connectivity index (χ3n) is 3.78. The molecule has 3 rings (SSSR count).